The number of aliphatic hydroxyl groups is 4. The summed E-state index contributed by atoms with van der Waals surface area (Å²) < 4.78 is 0.715. The summed E-state index contributed by atoms with van der Waals surface area (Å²) in [5, 5.41) is 41.4. The molecule has 0 bridgehead atoms. The van der Waals surface area contributed by atoms with Gasteiger partial charge in [0, 0.05) is 23.8 Å². The predicted molar refractivity (Wildman–Crippen MR) is 124 cm³/mol. The van der Waals surface area contributed by atoms with Gasteiger partial charge in [-0.3, -0.25) is 14.4 Å². The van der Waals surface area contributed by atoms with Crippen LogP contribution in [0.5, 0.6) is 0 Å². The number of hydrogen-bond donors (Lipinski definition) is 7. The topological polar surface area (TPSA) is 182 Å². The maximum Gasteiger partial charge on any atom is 0.253 e. The molecule has 0 spiro atoms. The van der Waals surface area contributed by atoms with Crippen molar-refractivity contribution in [3.05, 3.63) is 27.4 Å². The first-order chi connectivity index (χ1) is 13.1. The van der Waals surface area contributed by atoms with Crippen LogP contribution in [-0.2, 0) is 0 Å². The van der Waals surface area contributed by atoms with Gasteiger partial charge in [-0.15, -0.1) is 0 Å². The van der Waals surface area contributed by atoms with Crippen LogP contribution in [0.3, 0.4) is 0 Å². The molecule has 13 heteroatoms. The second kappa shape index (κ2) is 11.7. The van der Waals surface area contributed by atoms with Gasteiger partial charge in [0.05, 0.1) is 42.1 Å². The summed E-state index contributed by atoms with van der Waals surface area (Å²) >= 11 is 5.35. The number of hydrogen-bond acceptors (Lipinski definition) is 7. The first-order valence-electron chi connectivity index (χ1n) is 7.71. The predicted octanol–water partition coefficient (Wildman–Crippen LogP) is -1.23. The number of benzene rings is 1. The molecule has 28 heavy (non-hydrogen) atoms. The van der Waals surface area contributed by atoms with Crippen molar-refractivity contribution in [2.75, 3.05) is 26.3 Å². The lowest BCUT2D eigenvalue weighted by atomic mass is 10.0. The normalized spacial score (nSPS) is 13.0. The van der Waals surface area contributed by atoms with E-state index in [1.807, 2.05) is 0 Å². The molecule has 3 amide bonds. The summed E-state index contributed by atoms with van der Waals surface area (Å²) in [5.74, 6) is -2.16. The van der Waals surface area contributed by atoms with Gasteiger partial charge in [-0.05, 0) is 67.8 Å². The quantitative estimate of drug-likeness (QED) is 0.155. The number of rotatable bonds is 9. The number of halogens is 3. The van der Waals surface area contributed by atoms with Crippen molar-refractivity contribution in [3.8, 4) is 0 Å². The van der Waals surface area contributed by atoms with E-state index in [9.17, 15) is 24.6 Å². The van der Waals surface area contributed by atoms with E-state index in [-0.39, 0.29) is 40.5 Å². The molecular weight excluding hydrogens is 715 g/mol. The van der Waals surface area contributed by atoms with Gasteiger partial charge in [-0.25, -0.2) is 0 Å². The Morgan fingerprint density at radius 1 is 0.786 bits per heavy atom. The molecule has 10 nitrogen and oxygen atoms in total. The summed E-state index contributed by atoms with van der Waals surface area (Å²) in [6.07, 6.45) is -2.33. The van der Waals surface area contributed by atoms with Gasteiger partial charge < -0.3 is 36.8 Å². The maximum absolute atomic E-state index is 12.6. The number of carbonyl (C=O) groups is 3. The van der Waals surface area contributed by atoms with Crippen LogP contribution in [0.25, 0.3) is 0 Å². The van der Waals surface area contributed by atoms with Crippen LogP contribution in [0.15, 0.2) is 0 Å². The summed E-state index contributed by atoms with van der Waals surface area (Å²) in [7, 11) is 0. The minimum atomic E-state index is -1.17. The van der Waals surface area contributed by atoms with Crippen molar-refractivity contribution < 1.29 is 34.8 Å². The molecule has 0 radical (unpaired) electrons. The fourth-order valence-corrected chi connectivity index (χ4v) is 6.68. The smallest absolute Gasteiger partial charge is 0.253 e. The Morgan fingerprint density at radius 3 is 1.39 bits per heavy atom. The van der Waals surface area contributed by atoms with Crippen molar-refractivity contribution in [1.82, 2.24) is 10.6 Å². The fraction of sp³-hybridized carbons (Fsp3) is 0.400. The third-order valence-corrected chi connectivity index (χ3v) is 6.67. The van der Waals surface area contributed by atoms with E-state index in [2.05, 4.69) is 10.6 Å². The lowest BCUT2D eigenvalue weighted by Gasteiger charge is -2.18. The SMILES string of the molecule is NC(=O)c1c(I)c(C(=O)NCC(O)CO)c(I)c(C(=O)NCC(O)CO)c1I. The van der Waals surface area contributed by atoms with E-state index in [0.717, 1.165) is 0 Å². The second-order valence-electron chi connectivity index (χ2n) is 5.52. The first kappa shape index (κ1) is 25.7. The maximum atomic E-state index is 12.6. The molecule has 156 valence electrons. The molecule has 0 aromatic heterocycles. The molecule has 0 heterocycles. The van der Waals surface area contributed by atoms with Crippen LogP contribution in [0, 0.1) is 10.7 Å². The lowest BCUT2D eigenvalue weighted by molar-refractivity contribution is 0.0798. The Labute approximate surface area is 201 Å². The average molecular weight is 733 g/mol. The zero-order valence-electron chi connectivity index (χ0n) is 14.2. The summed E-state index contributed by atoms with van der Waals surface area (Å²) in [5.41, 5.74) is 5.46. The molecule has 0 aliphatic heterocycles. The average Bonchev–Trinajstić information content (AvgIpc) is 2.63. The van der Waals surface area contributed by atoms with Crippen LogP contribution in [0.1, 0.15) is 31.1 Å². The molecule has 0 saturated carbocycles. The third-order valence-electron chi connectivity index (χ3n) is 3.44. The van der Waals surface area contributed by atoms with Crippen molar-refractivity contribution in [2.45, 2.75) is 12.2 Å². The first-order valence-corrected chi connectivity index (χ1v) is 10.9. The summed E-state index contributed by atoms with van der Waals surface area (Å²) in [6, 6.07) is 0. The van der Waals surface area contributed by atoms with Crippen molar-refractivity contribution in [3.63, 3.8) is 0 Å². The van der Waals surface area contributed by atoms with E-state index in [4.69, 9.17) is 15.9 Å². The molecule has 0 fully saturated rings. The van der Waals surface area contributed by atoms with Crippen LogP contribution in [-0.4, -0.2) is 76.7 Å². The van der Waals surface area contributed by atoms with Gasteiger partial charge in [0.25, 0.3) is 17.7 Å². The van der Waals surface area contributed by atoms with E-state index >= 15 is 0 Å². The van der Waals surface area contributed by atoms with Crippen molar-refractivity contribution in [2.24, 2.45) is 5.73 Å². The highest BCUT2D eigenvalue weighted by Crippen LogP contribution is 2.32. The van der Waals surface area contributed by atoms with Gasteiger partial charge >= 0.3 is 0 Å². The molecule has 0 aliphatic carbocycles. The standard InChI is InChI=1S/C15H18I3N3O7/c16-10-7(13(19)26)11(17)9(15(28)21-2-6(25)4-23)12(18)8(10)14(27)20-1-5(24)3-22/h5-6,22-25H,1-4H2,(H2,19,26)(H,20,27)(H,21,28). The minimum absolute atomic E-state index is 0.0117. The lowest BCUT2D eigenvalue weighted by Crippen LogP contribution is -2.37. The van der Waals surface area contributed by atoms with E-state index in [1.54, 1.807) is 67.8 Å². The van der Waals surface area contributed by atoms with E-state index < -0.39 is 43.1 Å². The number of amides is 3. The summed E-state index contributed by atoms with van der Waals surface area (Å²) in [4.78, 5) is 37.1. The van der Waals surface area contributed by atoms with Crippen molar-refractivity contribution in [1.29, 1.82) is 0 Å². The van der Waals surface area contributed by atoms with Crippen LogP contribution >= 0.6 is 67.8 Å². The highest BCUT2D eigenvalue weighted by molar-refractivity contribution is 14.1. The second-order valence-corrected chi connectivity index (χ2v) is 8.76. The fourth-order valence-electron chi connectivity index (χ4n) is 2.01. The number of nitrogens with two attached hydrogens (primary N) is 1. The molecule has 2 unspecified atom stereocenters. The van der Waals surface area contributed by atoms with Crippen LogP contribution in [0.4, 0.5) is 0 Å². The molecule has 0 saturated heterocycles. The van der Waals surface area contributed by atoms with Gasteiger partial charge in [-0.2, -0.15) is 0 Å². The van der Waals surface area contributed by atoms with E-state index in [0.29, 0.717) is 0 Å². The van der Waals surface area contributed by atoms with Crippen LogP contribution < -0.4 is 16.4 Å². The monoisotopic (exact) mass is 733 g/mol. The van der Waals surface area contributed by atoms with Gasteiger partial charge in [0.2, 0.25) is 0 Å². The molecule has 0 aliphatic rings. The number of aliphatic hydroxyl groups excluding tert-OH is 4. The summed E-state index contributed by atoms with van der Waals surface area (Å²) in [6.45, 7) is -1.56. The van der Waals surface area contributed by atoms with Gasteiger partial charge in [0.15, 0.2) is 0 Å². The zero-order chi connectivity index (χ0) is 21.6. The van der Waals surface area contributed by atoms with Crippen LogP contribution in [0.2, 0.25) is 0 Å². The highest BCUT2D eigenvalue weighted by atomic mass is 127. The molecule has 1 aromatic carbocycles. The molecule has 1 rings (SSSR count). The Hall–Kier alpha value is -0.340. The van der Waals surface area contributed by atoms with Crippen molar-refractivity contribution >= 4 is 85.5 Å². The Morgan fingerprint density at radius 2 is 1.11 bits per heavy atom. The number of nitrogens with one attached hydrogen (secondary N) is 2. The molecular formula is C15H18I3N3O7. The third kappa shape index (κ3) is 6.33. The molecule has 8 N–H and O–H groups in total. The number of primary amides is 1. The highest BCUT2D eigenvalue weighted by Gasteiger charge is 2.29. The molecule has 1 aromatic rings. The Bertz CT molecular complexity index is 723. The van der Waals surface area contributed by atoms with E-state index in [1.165, 1.54) is 0 Å². The minimum Gasteiger partial charge on any atom is -0.394 e. The Kier molecular flexibility index (Phi) is 10.8. The van der Waals surface area contributed by atoms with Gasteiger partial charge in [0.1, 0.15) is 0 Å². The largest absolute Gasteiger partial charge is 0.394 e. The number of carbonyl (C=O) groups excluding carboxylic acids is 3. The Balaban J connectivity index is 3.44. The van der Waals surface area contributed by atoms with Gasteiger partial charge in [-0.1, -0.05) is 0 Å². The molecule has 2 atom stereocenters. The zero-order valence-corrected chi connectivity index (χ0v) is 20.7.